The lowest BCUT2D eigenvalue weighted by atomic mass is 10.0. The van der Waals surface area contributed by atoms with E-state index >= 15 is 0 Å². The zero-order valence-electron chi connectivity index (χ0n) is 22.4. The van der Waals surface area contributed by atoms with Gasteiger partial charge >= 0.3 is 0 Å². The average molecular weight is 624 g/mol. The Bertz CT molecular complexity index is 1780. The van der Waals surface area contributed by atoms with Crippen molar-refractivity contribution >= 4 is 56.4 Å². The van der Waals surface area contributed by atoms with Crippen molar-refractivity contribution in [1.82, 2.24) is 14.3 Å². The van der Waals surface area contributed by atoms with Crippen LogP contribution in [0.1, 0.15) is 5.56 Å². The summed E-state index contributed by atoms with van der Waals surface area (Å²) in [5.74, 6) is 1.22. The fourth-order valence-electron chi connectivity index (χ4n) is 4.66. The van der Waals surface area contributed by atoms with Gasteiger partial charge in [0.25, 0.3) is 0 Å². The van der Waals surface area contributed by atoms with Gasteiger partial charge in [-0.2, -0.15) is 4.31 Å². The van der Waals surface area contributed by atoms with Crippen LogP contribution in [0.15, 0.2) is 102 Å². The molecule has 2 heterocycles. The third-order valence-corrected chi connectivity index (χ3v) is 9.07. The Morgan fingerprint density at radius 1 is 0.881 bits per heavy atom. The van der Waals surface area contributed by atoms with Gasteiger partial charge in [0.15, 0.2) is 0 Å². The largest absolute Gasteiger partial charge is 0.487 e. The lowest BCUT2D eigenvalue weighted by molar-refractivity contribution is 0.0730. The van der Waals surface area contributed by atoms with Gasteiger partial charge in [0, 0.05) is 24.2 Å². The normalized spacial score (nSPS) is 13.8. The number of halogens is 2. The highest BCUT2D eigenvalue weighted by Crippen LogP contribution is 2.33. The molecule has 0 bridgehead atoms. The molecule has 1 aliphatic rings. The summed E-state index contributed by atoms with van der Waals surface area (Å²) in [7, 11) is -3.56. The van der Waals surface area contributed by atoms with E-state index in [0.717, 1.165) is 33.3 Å². The molecule has 0 atom stereocenters. The molecular weight excluding hydrogens is 595 g/mol. The van der Waals surface area contributed by atoms with Crippen molar-refractivity contribution in [3.8, 4) is 16.9 Å². The molecular formula is C31H28Cl2N4O4S. The van der Waals surface area contributed by atoms with E-state index in [4.69, 9.17) is 21.1 Å². The number of benzene rings is 4. The number of nitrogens with zero attached hydrogens (tertiary/aromatic N) is 3. The molecule has 8 nitrogen and oxygen atoms in total. The minimum Gasteiger partial charge on any atom is -0.487 e. The zero-order chi connectivity index (χ0) is 28.2. The van der Waals surface area contributed by atoms with E-state index in [1.165, 1.54) is 10.6 Å². The maximum absolute atomic E-state index is 13.0. The molecule has 0 aliphatic carbocycles. The lowest BCUT2D eigenvalue weighted by Crippen LogP contribution is -2.40. The minimum atomic E-state index is -3.56. The first-order valence-electron chi connectivity index (χ1n) is 13.1. The first-order valence-corrected chi connectivity index (χ1v) is 15.0. The van der Waals surface area contributed by atoms with Gasteiger partial charge in [-0.15, -0.1) is 12.4 Å². The van der Waals surface area contributed by atoms with Gasteiger partial charge in [-0.25, -0.2) is 18.4 Å². The Kier molecular flexibility index (Phi) is 9.25. The van der Waals surface area contributed by atoms with Gasteiger partial charge in [-0.3, -0.25) is 0 Å². The molecule has 1 aliphatic heterocycles. The van der Waals surface area contributed by atoms with E-state index in [1.54, 1.807) is 18.2 Å². The molecule has 11 heteroatoms. The number of hydrogen-bond acceptors (Lipinski definition) is 7. The maximum Gasteiger partial charge on any atom is 0.243 e. The highest BCUT2D eigenvalue weighted by Gasteiger charge is 2.26. The van der Waals surface area contributed by atoms with Crippen LogP contribution in [0.3, 0.4) is 0 Å². The maximum atomic E-state index is 13.0. The molecule has 0 saturated carbocycles. The summed E-state index contributed by atoms with van der Waals surface area (Å²) >= 11 is 6.53. The van der Waals surface area contributed by atoms with Crippen LogP contribution < -0.4 is 10.1 Å². The van der Waals surface area contributed by atoms with E-state index in [-0.39, 0.29) is 17.3 Å². The highest BCUT2D eigenvalue weighted by atomic mass is 35.5. The molecule has 0 unspecified atom stereocenters. The van der Waals surface area contributed by atoms with Crippen LogP contribution in [0.4, 0.5) is 11.5 Å². The first kappa shape index (κ1) is 29.8. The standard InChI is InChI=1S/C31H27ClN4O4S.ClH/c32-28-19-25(9-13-30(28)40-20-22-4-2-1-3-5-22)35-31-27-18-24(8-12-29(27)33-21-34-31)23-6-10-26(11-7-23)41(37,38)36-14-16-39-17-15-36;/h1-13,18-19,21H,14-17,20H2,(H,33,34,35);1H. The monoisotopic (exact) mass is 622 g/mol. The average Bonchev–Trinajstić information content (AvgIpc) is 3.02. The number of fused-ring (bicyclic) bond motifs is 1. The van der Waals surface area contributed by atoms with E-state index in [1.807, 2.05) is 72.8 Å². The molecule has 216 valence electrons. The molecule has 6 rings (SSSR count). The van der Waals surface area contributed by atoms with Crippen LogP contribution in [0, 0.1) is 0 Å². The Labute approximate surface area is 255 Å². The van der Waals surface area contributed by atoms with Crippen molar-refractivity contribution in [3.05, 3.63) is 108 Å². The second-order valence-electron chi connectivity index (χ2n) is 9.54. The van der Waals surface area contributed by atoms with Crippen molar-refractivity contribution in [1.29, 1.82) is 0 Å². The molecule has 0 amide bonds. The number of rotatable bonds is 8. The topological polar surface area (TPSA) is 93.7 Å². The summed E-state index contributed by atoms with van der Waals surface area (Å²) in [4.78, 5) is 9.15. The lowest BCUT2D eigenvalue weighted by Gasteiger charge is -2.26. The van der Waals surface area contributed by atoms with Crippen LogP contribution in [-0.4, -0.2) is 49.0 Å². The summed E-state index contributed by atoms with van der Waals surface area (Å²) in [6.45, 7) is 1.96. The number of ether oxygens (including phenoxy) is 2. The molecule has 42 heavy (non-hydrogen) atoms. The van der Waals surface area contributed by atoms with Crippen LogP contribution in [-0.2, 0) is 21.4 Å². The second kappa shape index (κ2) is 13.1. The Morgan fingerprint density at radius 3 is 2.36 bits per heavy atom. The van der Waals surface area contributed by atoms with Crippen molar-refractivity contribution in [2.75, 3.05) is 31.6 Å². The Morgan fingerprint density at radius 2 is 1.62 bits per heavy atom. The number of sulfonamides is 1. The third kappa shape index (κ3) is 6.51. The number of morpholine rings is 1. The molecule has 1 saturated heterocycles. The summed E-state index contributed by atoms with van der Waals surface area (Å²) in [5, 5.41) is 4.65. The number of hydrogen-bond donors (Lipinski definition) is 1. The minimum absolute atomic E-state index is 0. The van der Waals surface area contributed by atoms with E-state index < -0.39 is 10.0 Å². The molecule has 5 aromatic rings. The van der Waals surface area contributed by atoms with E-state index in [9.17, 15) is 8.42 Å². The van der Waals surface area contributed by atoms with Gasteiger partial charge < -0.3 is 14.8 Å². The summed E-state index contributed by atoms with van der Waals surface area (Å²) in [6.07, 6.45) is 1.51. The SMILES string of the molecule is Cl.O=S(=O)(c1ccc(-c2ccc3ncnc(Nc4ccc(OCc5ccccc5)c(Cl)c4)c3c2)cc1)N1CCOCC1. The molecule has 1 fully saturated rings. The number of aromatic nitrogens is 2. The fraction of sp³-hybridized carbons (Fsp3) is 0.161. The van der Waals surface area contributed by atoms with Gasteiger partial charge in [0.05, 0.1) is 28.6 Å². The van der Waals surface area contributed by atoms with Crippen molar-refractivity contribution in [2.45, 2.75) is 11.5 Å². The molecule has 1 N–H and O–H groups in total. The van der Waals surface area contributed by atoms with Crippen LogP contribution in [0.5, 0.6) is 5.75 Å². The van der Waals surface area contributed by atoms with Crippen molar-refractivity contribution in [2.24, 2.45) is 0 Å². The number of anilines is 2. The highest BCUT2D eigenvalue weighted by molar-refractivity contribution is 7.89. The first-order chi connectivity index (χ1) is 20.0. The summed E-state index contributed by atoms with van der Waals surface area (Å²) < 4.78 is 38.7. The van der Waals surface area contributed by atoms with Crippen LogP contribution in [0.25, 0.3) is 22.0 Å². The van der Waals surface area contributed by atoms with Crippen molar-refractivity contribution in [3.63, 3.8) is 0 Å². The number of nitrogens with one attached hydrogen (secondary N) is 1. The third-order valence-electron chi connectivity index (χ3n) is 6.86. The van der Waals surface area contributed by atoms with Gasteiger partial charge in [-0.05, 0) is 59.2 Å². The Hall–Kier alpha value is -3.73. The fourth-order valence-corrected chi connectivity index (χ4v) is 6.30. The predicted octanol–water partition coefficient (Wildman–Crippen LogP) is 6.72. The van der Waals surface area contributed by atoms with E-state index in [2.05, 4.69) is 15.3 Å². The van der Waals surface area contributed by atoms with Crippen molar-refractivity contribution < 1.29 is 17.9 Å². The van der Waals surface area contributed by atoms with Crippen LogP contribution in [0.2, 0.25) is 5.02 Å². The predicted molar refractivity (Wildman–Crippen MR) is 167 cm³/mol. The Balaban J connectivity index is 0.00000353. The smallest absolute Gasteiger partial charge is 0.243 e. The molecule has 1 aromatic heterocycles. The van der Waals surface area contributed by atoms with Gasteiger partial charge in [0.1, 0.15) is 24.5 Å². The van der Waals surface area contributed by atoms with E-state index in [0.29, 0.717) is 49.5 Å². The van der Waals surface area contributed by atoms with Crippen LogP contribution >= 0.6 is 24.0 Å². The molecule has 0 spiro atoms. The second-order valence-corrected chi connectivity index (χ2v) is 11.9. The molecule has 4 aromatic carbocycles. The van der Waals surface area contributed by atoms with Gasteiger partial charge in [-0.1, -0.05) is 60.1 Å². The van der Waals surface area contributed by atoms with Gasteiger partial charge in [0.2, 0.25) is 10.0 Å². The summed E-state index contributed by atoms with van der Waals surface area (Å²) in [5.41, 5.74) is 4.37. The quantitative estimate of drug-likeness (QED) is 0.205. The summed E-state index contributed by atoms with van der Waals surface area (Å²) in [6, 6.07) is 28.2. The zero-order valence-corrected chi connectivity index (χ0v) is 24.8. The molecule has 0 radical (unpaired) electrons.